The van der Waals surface area contributed by atoms with Gasteiger partial charge in [0.2, 0.25) is 0 Å². The second-order valence-corrected chi connectivity index (χ2v) is 7.80. The highest BCUT2D eigenvalue weighted by Gasteiger charge is 2.12. The lowest BCUT2D eigenvalue weighted by molar-refractivity contribution is 0.300. The molecule has 0 bridgehead atoms. The first-order valence-corrected chi connectivity index (χ1v) is 10.6. The molecule has 29 heavy (non-hydrogen) atoms. The number of fused-ring (bicyclic) bond motifs is 1. The number of allylic oxidation sites excluding steroid dienone is 1. The van der Waals surface area contributed by atoms with Crippen LogP contribution in [0.2, 0.25) is 0 Å². The Morgan fingerprint density at radius 2 is 1.72 bits per heavy atom. The first-order valence-electron chi connectivity index (χ1n) is 9.79. The van der Waals surface area contributed by atoms with Crippen LogP contribution in [0.1, 0.15) is 12.0 Å². The molecule has 3 aromatic carbocycles. The number of imidazole rings is 1. The Morgan fingerprint density at radius 1 is 0.966 bits per heavy atom. The number of benzene rings is 3. The van der Waals surface area contributed by atoms with E-state index in [1.807, 2.05) is 30.3 Å². The normalized spacial score (nSPS) is 10.9. The van der Waals surface area contributed by atoms with Gasteiger partial charge in [-0.3, -0.25) is 0 Å². The Balaban J connectivity index is 1.53. The molecule has 0 aliphatic rings. The first-order chi connectivity index (χ1) is 14.3. The third-order valence-electron chi connectivity index (χ3n) is 4.88. The van der Waals surface area contributed by atoms with Gasteiger partial charge in [-0.1, -0.05) is 64.5 Å². The third-order valence-corrected chi connectivity index (χ3v) is 5.41. The van der Waals surface area contributed by atoms with E-state index in [-0.39, 0.29) is 0 Å². The molecule has 0 radical (unpaired) electrons. The van der Waals surface area contributed by atoms with Gasteiger partial charge in [0, 0.05) is 16.6 Å². The number of nitrogens with zero attached hydrogens (tertiary/aromatic N) is 2. The van der Waals surface area contributed by atoms with Crippen molar-refractivity contribution in [2.75, 3.05) is 6.61 Å². The highest BCUT2D eigenvalue weighted by molar-refractivity contribution is 9.10. The van der Waals surface area contributed by atoms with Crippen molar-refractivity contribution in [3.05, 3.63) is 95.5 Å². The second kappa shape index (κ2) is 9.10. The molecule has 0 saturated carbocycles. The average Bonchev–Trinajstić information content (AvgIpc) is 3.12. The van der Waals surface area contributed by atoms with E-state index in [4.69, 9.17) is 9.72 Å². The monoisotopic (exact) mass is 446 g/mol. The molecule has 0 atom stereocenters. The highest BCUT2D eigenvalue weighted by Crippen LogP contribution is 2.26. The fourth-order valence-corrected chi connectivity index (χ4v) is 3.76. The van der Waals surface area contributed by atoms with E-state index >= 15 is 0 Å². The fraction of sp³-hybridized carbons (Fsp3) is 0.160. The van der Waals surface area contributed by atoms with Gasteiger partial charge in [-0.2, -0.15) is 0 Å². The minimum Gasteiger partial charge on any atom is -0.493 e. The molecule has 0 fully saturated rings. The number of aromatic nitrogens is 2. The maximum Gasteiger partial charge on any atom is 0.141 e. The molecule has 0 aliphatic heterocycles. The Labute approximate surface area is 179 Å². The number of para-hydroxylation sites is 3. The van der Waals surface area contributed by atoms with E-state index in [1.54, 1.807) is 0 Å². The van der Waals surface area contributed by atoms with Crippen LogP contribution in [-0.2, 0) is 13.0 Å². The number of aryl methyl sites for hydroxylation is 1. The Hall–Kier alpha value is -2.85. The van der Waals surface area contributed by atoms with Crippen molar-refractivity contribution < 1.29 is 4.74 Å². The summed E-state index contributed by atoms with van der Waals surface area (Å²) in [5, 5.41) is 0. The number of ether oxygens (including phenoxy) is 1. The predicted molar refractivity (Wildman–Crippen MR) is 123 cm³/mol. The molecule has 1 aromatic heterocycles. The number of rotatable bonds is 8. The summed E-state index contributed by atoms with van der Waals surface area (Å²) in [6.07, 6.45) is 3.62. The maximum absolute atomic E-state index is 6.07. The molecule has 4 rings (SSSR count). The van der Waals surface area contributed by atoms with Gasteiger partial charge in [-0.25, -0.2) is 4.98 Å². The second-order valence-electron chi connectivity index (χ2n) is 6.89. The summed E-state index contributed by atoms with van der Waals surface area (Å²) in [7, 11) is 0. The van der Waals surface area contributed by atoms with Gasteiger partial charge in [0.1, 0.15) is 11.6 Å². The van der Waals surface area contributed by atoms with Gasteiger partial charge in [-0.05, 0) is 48.7 Å². The SMILES string of the molecule is C=CCc1ccccc1OCCCn1c(-c2ccc(Br)cc2)nc2ccccc21. The van der Waals surface area contributed by atoms with Gasteiger partial charge in [0.15, 0.2) is 0 Å². The average molecular weight is 447 g/mol. The van der Waals surface area contributed by atoms with Crippen LogP contribution in [0, 0.1) is 0 Å². The minimum atomic E-state index is 0.653. The van der Waals surface area contributed by atoms with Crippen molar-refractivity contribution in [3.63, 3.8) is 0 Å². The molecule has 3 nitrogen and oxygen atoms in total. The van der Waals surface area contributed by atoms with E-state index in [2.05, 4.69) is 75.6 Å². The van der Waals surface area contributed by atoms with E-state index in [0.717, 1.165) is 52.0 Å². The van der Waals surface area contributed by atoms with Gasteiger partial charge in [0.05, 0.1) is 17.6 Å². The van der Waals surface area contributed by atoms with Gasteiger partial charge >= 0.3 is 0 Å². The van der Waals surface area contributed by atoms with E-state index in [1.165, 1.54) is 5.56 Å². The van der Waals surface area contributed by atoms with Crippen molar-refractivity contribution >= 4 is 27.0 Å². The molecule has 0 amide bonds. The highest BCUT2D eigenvalue weighted by atomic mass is 79.9. The number of halogens is 1. The largest absolute Gasteiger partial charge is 0.493 e. The van der Waals surface area contributed by atoms with E-state index in [9.17, 15) is 0 Å². The maximum atomic E-state index is 6.07. The molecule has 0 saturated heterocycles. The smallest absolute Gasteiger partial charge is 0.141 e. The van der Waals surface area contributed by atoms with Crippen LogP contribution >= 0.6 is 15.9 Å². The molecule has 0 N–H and O–H groups in total. The zero-order valence-electron chi connectivity index (χ0n) is 16.2. The van der Waals surface area contributed by atoms with Gasteiger partial charge < -0.3 is 9.30 Å². The predicted octanol–water partition coefficient (Wildman–Crippen LogP) is 6.66. The number of hydrogen-bond donors (Lipinski definition) is 0. The Morgan fingerprint density at radius 3 is 2.55 bits per heavy atom. The van der Waals surface area contributed by atoms with Crippen molar-refractivity contribution in [2.24, 2.45) is 0 Å². The lowest BCUT2D eigenvalue weighted by Crippen LogP contribution is -2.07. The molecule has 4 heteroatoms. The van der Waals surface area contributed by atoms with Crippen LogP contribution in [0.3, 0.4) is 0 Å². The Kier molecular flexibility index (Phi) is 6.11. The molecule has 4 aromatic rings. The van der Waals surface area contributed by atoms with Crippen LogP contribution in [-0.4, -0.2) is 16.2 Å². The number of hydrogen-bond acceptors (Lipinski definition) is 2. The standard InChI is InChI=1S/C25H23BrN2O/c1-2-8-19-9-3-6-12-24(19)29-18-7-17-28-23-11-5-4-10-22(23)27-25(28)20-13-15-21(26)16-14-20/h2-6,9-16H,1,7-8,17-18H2. The van der Waals surface area contributed by atoms with Crippen LogP contribution in [0.5, 0.6) is 5.75 Å². The van der Waals surface area contributed by atoms with Crippen LogP contribution in [0.25, 0.3) is 22.4 Å². The minimum absolute atomic E-state index is 0.653. The lowest BCUT2D eigenvalue weighted by Gasteiger charge is -2.12. The van der Waals surface area contributed by atoms with Crippen LogP contribution < -0.4 is 4.74 Å². The molecule has 0 aliphatic carbocycles. The molecule has 146 valence electrons. The summed E-state index contributed by atoms with van der Waals surface area (Å²) in [5.74, 6) is 1.93. The van der Waals surface area contributed by atoms with E-state index in [0.29, 0.717) is 6.61 Å². The zero-order valence-corrected chi connectivity index (χ0v) is 17.8. The summed E-state index contributed by atoms with van der Waals surface area (Å²) >= 11 is 3.51. The molecular formula is C25H23BrN2O. The van der Waals surface area contributed by atoms with Gasteiger partial charge in [-0.15, -0.1) is 6.58 Å². The Bertz CT molecular complexity index is 1120. The fourth-order valence-electron chi connectivity index (χ4n) is 3.49. The third kappa shape index (κ3) is 4.43. The molecule has 0 spiro atoms. The quantitative estimate of drug-likeness (QED) is 0.223. The van der Waals surface area contributed by atoms with E-state index < -0.39 is 0 Å². The summed E-state index contributed by atoms with van der Waals surface area (Å²) in [5.41, 5.74) is 4.45. The van der Waals surface area contributed by atoms with Crippen molar-refractivity contribution in [3.8, 4) is 17.1 Å². The van der Waals surface area contributed by atoms with Crippen LogP contribution in [0.15, 0.2) is 89.9 Å². The molecular weight excluding hydrogens is 424 g/mol. The topological polar surface area (TPSA) is 27.1 Å². The molecule has 0 unspecified atom stereocenters. The summed E-state index contributed by atoms with van der Waals surface area (Å²) in [6, 6.07) is 24.8. The summed E-state index contributed by atoms with van der Waals surface area (Å²) in [6.45, 7) is 5.33. The summed E-state index contributed by atoms with van der Waals surface area (Å²) in [4.78, 5) is 4.88. The van der Waals surface area contributed by atoms with Crippen molar-refractivity contribution in [1.29, 1.82) is 0 Å². The van der Waals surface area contributed by atoms with Crippen LogP contribution in [0.4, 0.5) is 0 Å². The molecule has 1 heterocycles. The van der Waals surface area contributed by atoms with Crippen molar-refractivity contribution in [1.82, 2.24) is 9.55 Å². The lowest BCUT2D eigenvalue weighted by atomic mass is 10.1. The summed E-state index contributed by atoms with van der Waals surface area (Å²) < 4.78 is 9.43. The van der Waals surface area contributed by atoms with Crippen molar-refractivity contribution in [2.45, 2.75) is 19.4 Å². The van der Waals surface area contributed by atoms with Gasteiger partial charge in [0.25, 0.3) is 0 Å². The first kappa shape index (κ1) is 19.5. The zero-order chi connectivity index (χ0) is 20.1.